The minimum absolute atomic E-state index is 0.0492. The third-order valence-electron chi connectivity index (χ3n) is 1.75. The van der Waals surface area contributed by atoms with Gasteiger partial charge in [0.2, 0.25) is 10.0 Å². The minimum atomic E-state index is -3.07. The third kappa shape index (κ3) is 6.98. The first kappa shape index (κ1) is 12.9. The number of sulfonamides is 1. The minimum Gasteiger partial charge on any atom is -0.330 e. The van der Waals surface area contributed by atoms with Crippen molar-refractivity contribution in [1.29, 1.82) is 0 Å². The lowest BCUT2D eigenvalue weighted by Crippen LogP contribution is -2.35. The summed E-state index contributed by atoms with van der Waals surface area (Å²) in [5.41, 5.74) is 5.31. The Bertz CT molecular complexity index is 214. The molecule has 0 aliphatic heterocycles. The molecule has 4 nitrogen and oxygen atoms in total. The SMILES string of the molecule is CCCCS(=O)(=O)NC(C)CCN. The van der Waals surface area contributed by atoms with Gasteiger partial charge in [-0.05, 0) is 26.3 Å². The molecule has 0 saturated heterocycles. The van der Waals surface area contributed by atoms with Crippen LogP contribution in [0, 0.1) is 0 Å². The molecule has 1 atom stereocenters. The highest BCUT2D eigenvalue weighted by molar-refractivity contribution is 7.89. The summed E-state index contributed by atoms with van der Waals surface area (Å²) in [4.78, 5) is 0. The monoisotopic (exact) mass is 208 g/mol. The van der Waals surface area contributed by atoms with E-state index in [1.54, 1.807) is 0 Å². The molecule has 1 unspecified atom stereocenters. The fourth-order valence-corrected chi connectivity index (χ4v) is 2.53. The average Bonchev–Trinajstić information content (AvgIpc) is 2.00. The van der Waals surface area contributed by atoms with Crippen molar-refractivity contribution in [2.75, 3.05) is 12.3 Å². The van der Waals surface area contributed by atoms with E-state index in [0.29, 0.717) is 19.4 Å². The average molecular weight is 208 g/mol. The summed E-state index contributed by atoms with van der Waals surface area (Å²) < 4.78 is 25.2. The summed E-state index contributed by atoms with van der Waals surface area (Å²) in [5, 5.41) is 0. The van der Waals surface area contributed by atoms with E-state index in [1.165, 1.54) is 0 Å². The van der Waals surface area contributed by atoms with Gasteiger partial charge < -0.3 is 5.73 Å². The van der Waals surface area contributed by atoms with Gasteiger partial charge in [-0.15, -0.1) is 0 Å². The van der Waals surface area contributed by atoms with Crippen molar-refractivity contribution in [3.63, 3.8) is 0 Å². The molecule has 0 fully saturated rings. The van der Waals surface area contributed by atoms with Crippen LogP contribution in [0.3, 0.4) is 0 Å². The predicted octanol–water partition coefficient (Wildman–Crippen LogP) is 0.443. The maximum atomic E-state index is 11.3. The second-order valence-electron chi connectivity index (χ2n) is 3.27. The van der Waals surface area contributed by atoms with E-state index in [1.807, 2.05) is 13.8 Å². The van der Waals surface area contributed by atoms with Gasteiger partial charge in [-0.25, -0.2) is 13.1 Å². The van der Waals surface area contributed by atoms with Crippen molar-refractivity contribution < 1.29 is 8.42 Å². The molecule has 0 aromatic rings. The highest BCUT2D eigenvalue weighted by atomic mass is 32.2. The van der Waals surface area contributed by atoms with E-state index in [2.05, 4.69) is 4.72 Å². The summed E-state index contributed by atoms with van der Waals surface area (Å²) in [5.74, 6) is 0.221. The lowest BCUT2D eigenvalue weighted by atomic mass is 10.3. The Hall–Kier alpha value is -0.130. The molecule has 0 spiro atoms. The molecule has 5 heteroatoms. The van der Waals surface area contributed by atoms with Crippen LogP contribution in [-0.4, -0.2) is 26.8 Å². The Kier molecular flexibility index (Phi) is 6.28. The number of nitrogens with one attached hydrogen (secondary N) is 1. The van der Waals surface area contributed by atoms with Crippen molar-refractivity contribution in [3.8, 4) is 0 Å². The van der Waals surface area contributed by atoms with Gasteiger partial charge in [0.05, 0.1) is 5.75 Å². The lowest BCUT2D eigenvalue weighted by Gasteiger charge is -2.12. The third-order valence-corrected chi connectivity index (χ3v) is 3.33. The Balaban J connectivity index is 3.87. The summed E-state index contributed by atoms with van der Waals surface area (Å²) >= 11 is 0. The summed E-state index contributed by atoms with van der Waals surface area (Å²) in [6.45, 7) is 4.31. The van der Waals surface area contributed by atoms with Gasteiger partial charge in [-0.3, -0.25) is 0 Å². The molecule has 13 heavy (non-hydrogen) atoms. The quantitative estimate of drug-likeness (QED) is 0.638. The molecular formula is C8H20N2O2S. The fourth-order valence-electron chi connectivity index (χ4n) is 1.01. The highest BCUT2D eigenvalue weighted by Gasteiger charge is 2.12. The molecule has 0 saturated carbocycles. The van der Waals surface area contributed by atoms with Crippen molar-refractivity contribution in [3.05, 3.63) is 0 Å². The predicted molar refractivity (Wildman–Crippen MR) is 55.0 cm³/mol. The van der Waals surface area contributed by atoms with Gasteiger partial charge in [0.25, 0.3) is 0 Å². The van der Waals surface area contributed by atoms with Crippen molar-refractivity contribution in [1.82, 2.24) is 4.72 Å². The fraction of sp³-hybridized carbons (Fsp3) is 1.00. The smallest absolute Gasteiger partial charge is 0.211 e. The van der Waals surface area contributed by atoms with Gasteiger partial charge >= 0.3 is 0 Å². The van der Waals surface area contributed by atoms with E-state index in [-0.39, 0.29) is 11.8 Å². The molecule has 0 heterocycles. The zero-order valence-corrected chi connectivity index (χ0v) is 9.23. The van der Waals surface area contributed by atoms with Gasteiger partial charge in [0, 0.05) is 6.04 Å². The molecule has 0 aromatic carbocycles. The van der Waals surface area contributed by atoms with E-state index in [9.17, 15) is 8.42 Å². The summed E-state index contributed by atoms with van der Waals surface area (Å²) in [7, 11) is -3.07. The number of unbranched alkanes of at least 4 members (excludes halogenated alkanes) is 1. The summed E-state index contributed by atoms with van der Waals surface area (Å²) in [6, 6.07) is -0.0492. The van der Waals surface area contributed by atoms with Crippen molar-refractivity contribution in [2.45, 2.75) is 39.2 Å². The van der Waals surface area contributed by atoms with Gasteiger partial charge in [0.15, 0.2) is 0 Å². The Morgan fingerprint density at radius 1 is 1.46 bits per heavy atom. The normalized spacial score (nSPS) is 14.4. The second kappa shape index (κ2) is 6.34. The van der Waals surface area contributed by atoms with E-state index in [0.717, 1.165) is 6.42 Å². The number of hydrogen-bond acceptors (Lipinski definition) is 3. The van der Waals surface area contributed by atoms with Gasteiger partial charge in [0.1, 0.15) is 0 Å². The van der Waals surface area contributed by atoms with Crippen LogP contribution in [0.5, 0.6) is 0 Å². The number of rotatable bonds is 7. The van der Waals surface area contributed by atoms with E-state index in [4.69, 9.17) is 5.73 Å². The van der Waals surface area contributed by atoms with Crippen LogP contribution in [-0.2, 0) is 10.0 Å². The molecule has 0 amide bonds. The standard InChI is InChI=1S/C8H20N2O2S/c1-3-4-7-13(11,12)10-8(2)5-6-9/h8,10H,3-7,9H2,1-2H3. The maximum absolute atomic E-state index is 11.3. The first-order chi connectivity index (χ1) is 6.02. The second-order valence-corrected chi connectivity index (χ2v) is 5.14. The molecule has 0 bridgehead atoms. The topological polar surface area (TPSA) is 72.2 Å². The van der Waals surface area contributed by atoms with E-state index < -0.39 is 10.0 Å². The van der Waals surface area contributed by atoms with Crippen LogP contribution in [0.4, 0.5) is 0 Å². The molecule has 0 aliphatic rings. The van der Waals surface area contributed by atoms with Crippen LogP contribution in [0.1, 0.15) is 33.1 Å². The number of hydrogen-bond donors (Lipinski definition) is 2. The molecule has 0 aliphatic carbocycles. The number of nitrogens with two attached hydrogens (primary N) is 1. The zero-order valence-electron chi connectivity index (χ0n) is 8.41. The first-order valence-electron chi connectivity index (χ1n) is 4.72. The largest absolute Gasteiger partial charge is 0.330 e. The Labute approximate surface area is 80.9 Å². The van der Waals surface area contributed by atoms with Crippen molar-refractivity contribution >= 4 is 10.0 Å². The van der Waals surface area contributed by atoms with Crippen LogP contribution in [0.25, 0.3) is 0 Å². The van der Waals surface area contributed by atoms with Crippen LogP contribution in [0.15, 0.2) is 0 Å². The molecule has 0 aromatic heterocycles. The zero-order chi connectivity index (χ0) is 10.3. The molecule has 0 rings (SSSR count). The van der Waals surface area contributed by atoms with Crippen LogP contribution >= 0.6 is 0 Å². The summed E-state index contributed by atoms with van der Waals surface area (Å²) in [6.07, 6.45) is 2.29. The Morgan fingerprint density at radius 3 is 2.54 bits per heavy atom. The molecular weight excluding hydrogens is 188 g/mol. The molecule has 0 radical (unpaired) electrons. The molecule has 3 N–H and O–H groups in total. The highest BCUT2D eigenvalue weighted by Crippen LogP contribution is 1.97. The van der Waals surface area contributed by atoms with Crippen LogP contribution in [0.2, 0.25) is 0 Å². The van der Waals surface area contributed by atoms with Crippen LogP contribution < -0.4 is 10.5 Å². The lowest BCUT2D eigenvalue weighted by molar-refractivity contribution is 0.547. The first-order valence-corrected chi connectivity index (χ1v) is 6.37. The molecule has 80 valence electrons. The Morgan fingerprint density at radius 2 is 2.08 bits per heavy atom. The van der Waals surface area contributed by atoms with Gasteiger partial charge in [-0.2, -0.15) is 0 Å². The maximum Gasteiger partial charge on any atom is 0.211 e. The van der Waals surface area contributed by atoms with Crippen molar-refractivity contribution in [2.24, 2.45) is 5.73 Å². The van der Waals surface area contributed by atoms with E-state index >= 15 is 0 Å². The van der Waals surface area contributed by atoms with Gasteiger partial charge in [-0.1, -0.05) is 13.3 Å².